The van der Waals surface area contributed by atoms with Gasteiger partial charge < -0.3 is 44.8 Å². The van der Waals surface area contributed by atoms with E-state index in [9.17, 15) is 45.0 Å². The highest BCUT2D eigenvalue weighted by atomic mass is 16.6. The number of phenolic OH excluding ortho intramolecular Hbond substituents is 4. The number of aromatic hydroxyl groups is 4. The highest BCUT2D eigenvalue weighted by Gasteiger charge is 2.52. The Labute approximate surface area is 216 Å². The number of benzene rings is 2. The number of ether oxygens (including phenoxy) is 3. The molecule has 1 saturated carbocycles. The van der Waals surface area contributed by atoms with Crippen LogP contribution in [0.4, 0.5) is 0 Å². The number of rotatable bonds is 7. The molecule has 38 heavy (non-hydrogen) atoms. The Kier molecular flexibility index (Phi) is 8.61. The maximum absolute atomic E-state index is 12.4. The standard InChI is InChI=1S/C26H26O12/c1-36-25(34)26(35)12-20(37-22(31)8-4-14-2-6-16(27)18(29)10-14)24(33)21(13-26)38-23(32)9-5-15-3-7-17(28)19(30)11-15/h2-11,20-21,24,27-30,33,35H,12-13H2,1H3/t20-,21-,24?,26?/m0/s1. The summed E-state index contributed by atoms with van der Waals surface area (Å²) in [5, 5.41) is 59.4. The number of esters is 3. The van der Waals surface area contributed by atoms with Gasteiger partial charge >= 0.3 is 17.9 Å². The zero-order chi connectivity index (χ0) is 28.0. The van der Waals surface area contributed by atoms with Crippen molar-refractivity contribution in [3.8, 4) is 23.0 Å². The molecule has 1 aliphatic carbocycles. The van der Waals surface area contributed by atoms with E-state index in [0.29, 0.717) is 11.1 Å². The summed E-state index contributed by atoms with van der Waals surface area (Å²) in [5.74, 6) is -4.57. The van der Waals surface area contributed by atoms with Gasteiger partial charge in [0.15, 0.2) is 28.6 Å². The van der Waals surface area contributed by atoms with Gasteiger partial charge in [0.2, 0.25) is 0 Å². The lowest BCUT2D eigenvalue weighted by atomic mass is 9.79. The number of carbonyl (C=O) groups excluding carboxylic acids is 3. The molecule has 1 fully saturated rings. The minimum Gasteiger partial charge on any atom is -0.504 e. The van der Waals surface area contributed by atoms with E-state index in [1.165, 1.54) is 48.6 Å². The van der Waals surface area contributed by atoms with E-state index in [1.807, 2.05) is 0 Å². The molecule has 12 heteroatoms. The molecular weight excluding hydrogens is 504 g/mol. The van der Waals surface area contributed by atoms with E-state index in [0.717, 1.165) is 19.3 Å². The summed E-state index contributed by atoms with van der Waals surface area (Å²) in [5.41, 5.74) is -1.57. The normalized spacial score (nSPS) is 23.3. The average Bonchev–Trinajstić information content (AvgIpc) is 2.87. The van der Waals surface area contributed by atoms with Gasteiger partial charge in [-0.1, -0.05) is 12.1 Å². The second-order valence-corrected chi connectivity index (χ2v) is 8.54. The van der Waals surface area contributed by atoms with Crippen LogP contribution in [0.1, 0.15) is 24.0 Å². The van der Waals surface area contributed by atoms with Crippen LogP contribution in [-0.2, 0) is 28.6 Å². The molecule has 12 nitrogen and oxygen atoms in total. The van der Waals surface area contributed by atoms with Gasteiger partial charge in [-0.25, -0.2) is 14.4 Å². The number of aliphatic hydroxyl groups is 2. The number of aliphatic hydroxyl groups excluding tert-OH is 1. The fraction of sp³-hybridized carbons (Fsp3) is 0.269. The van der Waals surface area contributed by atoms with Gasteiger partial charge in [-0.3, -0.25) is 0 Å². The lowest BCUT2D eigenvalue weighted by Crippen LogP contribution is -2.58. The van der Waals surface area contributed by atoms with Crippen molar-refractivity contribution < 1.29 is 59.2 Å². The summed E-state index contributed by atoms with van der Waals surface area (Å²) in [4.78, 5) is 37.0. The van der Waals surface area contributed by atoms with Crippen molar-refractivity contribution in [2.24, 2.45) is 0 Å². The molecular formula is C26H26O12. The Hall–Kier alpha value is -4.55. The SMILES string of the molecule is COC(=O)C1(O)C[C@H](OC(=O)C=Cc2ccc(O)c(O)c2)C(O)[C@@H](OC(=O)C=Cc2ccc(O)c(O)c2)C1. The lowest BCUT2D eigenvalue weighted by molar-refractivity contribution is -0.204. The van der Waals surface area contributed by atoms with Gasteiger partial charge in [0.05, 0.1) is 7.11 Å². The molecule has 0 heterocycles. The van der Waals surface area contributed by atoms with Crippen LogP contribution in [0.25, 0.3) is 12.2 Å². The molecule has 0 radical (unpaired) electrons. The molecule has 3 rings (SSSR count). The molecule has 0 bridgehead atoms. The predicted molar refractivity (Wildman–Crippen MR) is 130 cm³/mol. The highest BCUT2D eigenvalue weighted by Crippen LogP contribution is 2.34. The number of methoxy groups -OCH3 is 1. The van der Waals surface area contributed by atoms with Gasteiger partial charge in [0, 0.05) is 25.0 Å². The summed E-state index contributed by atoms with van der Waals surface area (Å²) < 4.78 is 15.1. The van der Waals surface area contributed by atoms with E-state index in [-0.39, 0.29) is 11.5 Å². The van der Waals surface area contributed by atoms with Crippen LogP contribution in [0, 0.1) is 0 Å². The number of hydrogen-bond donors (Lipinski definition) is 6. The second-order valence-electron chi connectivity index (χ2n) is 8.54. The van der Waals surface area contributed by atoms with Gasteiger partial charge in [-0.2, -0.15) is 0 Å². The third-order valence-corrected chi connectivity index (χ3v) is 5.76. The maximum atomic E-state index is 12.4. The molecule has 0 aliphatic heterocycles. The molecule has 202 valence electrons. The number of phenols is 4. The summed E-state index contributed by atoms with van der Waals surface area (Å²) in [6.45, 7) is 0. The van der Waals surface area contributed by atoms with E-state index in [4.69, 9.17) is 9.47 Å². The summed E-state index contributed by atoms with van der Waals surface area (Å²) in [7, 11) is 1.03. The molecule has 2 atom stereocenters. The quantitative estimate of drug-likeness (QED) is 0.129. The van der Waals surface area contributed by atoms with E-state index < -0.39 is 66.2 Å². The van der Waals surface area contributed by atoms with Crippen molar-refractivity contribution in [1.29, 1.82) is 0 Å². The third-order valence-electron chi connectivity index (χ3n) is 5.76. The first-order valence-corrected chi connectivity index (χ1v) is 11.2. The van der Waals surface area contributed by atoms with Gasteiger partial charge in [0.1, 0.15) is 18.3 Å². The summed E-state index contributed by atoms with van der Waals surface area (Å²) >= 11 is 0. The largest absolute Gasteiger partial charge is 0.504 e. The van der Waals surface area contributed by atoms with E-state index in [2.05, 4.69) is 4.74 Å². The number of carbonyl (C=O) groups is 3. The van der Waals surface area contributed by atoms with Crippen molar-refractivity contribution >= 4 is 30.1 Å². The average molecular weight is 530 g/mol. The van der Waals surface area contributed by atoms with Crippen LogP contribution in [0.5, 0.6) is 23.0 Å². The Morgan fingerprint density at radius 2 is 1.21 bits per heavy atom. The smallest absolute Gasteiger partial charge is 0.338 e. The Morgan fingerprint density at radius 3 is 1.58 bits per heavy atom. The fourth-order valence-corrected chi connectivity index (χ4v) is 3.80. The minimum absolute atomic E-state index is 0.341. The van der Waals surface area contributed by atoms with Crippen molar-refractivity contribution in [1.82, 2.24) is 0 Å². The second kappa shape index (κ2) is 11.7. The van der Waals surface area contributed by atoms with E-state index >= 15 is 0 Å². The van der Waals surface area contributed by atoms with Crippen LogP contribution >= 0.6 is 0 Å². The van der Waals surface area contributed by atoms with Crippen molar-refractivity contribution in [3.63, 3.8) is 0 Å². The zero-order valence-corrected chi connectivity index (χ0v) is 20.1. The lowest BCUT2D eigenvalue weighted by Gasteiger charge is -2.41. The van der Waals surface area contributed by atoms with Gasteiger partial charge in [0.25, 0.3) is 0 Å². The van der Waals surface area contributed by atoms with Crippen LogP contribution in [-0.4, -0.2) is 79.6 Å². The molecule has 0 unspecified atom stereocenters. The van der Waals surface area contributed by atoms with Crippen LogP contribution in [0.3, 0.4) is 0 Å². The monoisotopic (exact) mass is 530 g/mol. The first kappa shape index (κ1) is 28.0. The molecule has 0 spiro atoms. The maximum Gasteiger partial charge on any atom is 0.338 e. The fourth-order valence-electron chi connectivity index (χ4n) is 3.80. The first-order valence-electron chi connectivity index (χ1n) is 11.2. The topological polar surface area (TPSA) is 200 Å². The molecule has 2 aromatic rings. The van der Waals surface area contributed by atoms with Crippen molar-refractivity contribution in [3.05, 3.63) is 59.7 Å². The molecule has 1 aliphatic rings. The van der Waals surface area contributed by atoms with Crippen molar-refractivity contribution in [2.75, 3.05) is 7.11 Å². The molecule has 2 aromatic carbocycles. The zero-order valence-electron chi connectivity index (χ0n) is 20.1. The molecule has 0 saturated heterocycles. The van der Waals surface area contributed by atoms with Gasteiger partial charge in [-0.05, 0) is 47.5 Å². The Morgan fingerprint density at radius 1 is 0.789 bits per heavy atom. The van der Waals surface area contributed by atoms with Crippen LogP contribution in [0.15, 0.2) is 48.6 Å². The predicted octanol–water partition coefficient (Wildman–Crippen LogP) is 1.12. The molecule has 0 amide bonds. The molecule has 6 N–H and O–H groups in total. The number of hydrogen-bond acceptors (Lipinski definition) is 12. The Balaban J connectivity index is 1.73. The Bertz CT molecular complexity index is 1180. The highest BCUT2D eigenvalue weighted by molar-refractivity contribution is 5.88. The van der Waals surface area contributed by atoms with Crippen LogP contribution < -0.4 is 0 Å². The third kappa shape index (κ3) is 6.81. The summed E-state index contributed by atoms with van der Waals surface area (Å²) in [6, 6.07) is 7.61. The summed E-state index contributed by atoms with van der Waals surface area (Å²) in [6.07, 6.45) is -1.23. The molecule has 0 aromatic heterocycles. The van der Waals surface area contributed by atoms with Crippen molar-refractivity contribution in [2.45, 2.75) is 36.8 Å². The minimum atomic E-state index is -2.25. The van der Waals surface area contributed by atoms with E-state index in [1.54, 1.807) is 0 Å². The van der Waals surface area contributed by atoms with Crippen LogP contribution in [0.2, 0.25) is 0 Å². The van der Waals surface area contributed by atoms with Gasteiger partial charge in [-0.15, -0.1) is 0 Å². The first-order chi connectivity index (χ1) is 17.9.